The Morgan fingerprint density at radius 2 is 1.28 bits per heavy atom. The molecule has 3 aromatic carbocycles. The molecule has 0 atom stereocenters. The van der Waals surface area contributed by atoms with Gasteiger partial charge >= 0.3 is 19.7 Å². The summed E-state index contributed by atoms with van der Waals surface area (Å²) < 4.78 is 24.5. The molecule has 0 saturated heterocycles. The Morgan fingerprint density at radius 3 is 1.72 bits per heavy atom. The summed E-state index contributed by atoms with van der Waals surface area (Å²) in [6, 6.07) is 19.6. The molecule has 0 aliphatic rings. The largest absolute Gasteiger partial charge is 0.541 e. The van der Waals surface area contributed by atoms with E-state index in [0.29, 0.717) is 0 Å². The molecule has 0 amide bonds. The quantitative estimate of drug-likeness (QED) is 0.452. The Balaban J connectivity index is 2.02. The molecular formula is C20H16NO7P. The highest BCUT2D eigenvalue weighted by molar-refractivity contribution is 7.56. The van der Waals surface area contributed by atoms with E-state index in [1.165, 1.54) is 0 Å². The second kappa shape index (κ2) is 8.50. The first-order chi connectivity index (χ1) is 13.9. The van der Waals surface area contributed by atoms with Gasteiger partial charge in [-0.3, -0.25) is 5.09 Å². The van der Waals surface area contributed by atoms with Crippen molar-refractivity contribution < 1.29 is 33.4 Å². The molecule has 0 aliphatic carbocycles. The topological polar surface area (TPSA) is 122 Å². The Hall–Kier alpha value is -3.77. The van der Waals surface area contributed by atoms with Gasteiger partial charge in [0.15, 0.2) is 0 Å². The molecule has 3 N–H and O–H groups in total. The number of benzene rings is 3. The van der Waals surface area contributed by atoms with Crippen LogP contribution in [0.4, 0.5) is 5.69 Å². The molecule has 8 nitrogen and oxygen atoms in total. The maximum atomic E-state index is 13.5. The van der Waals surface area contributed by atoms with Gasteiger partial charge in [-0.2, -0.15) is 0 Å². The average molecular weight is 413 g/mol. The molecule has 0 radical (unpaired) electrons. The fourth-order valence-corrected chi connectivity index (χ4v) is 3.82. The summed E-state index contributed by atoms with van der Waals surface area (Å²) in [5, 5.41) is 21.1. The zero-order valence-corrected chi connectivity index (χ0v) is 15.8. The number of aromatic carboxylic acids is 2. The van der Waals surface area contributed by atoms with Gasteiger partial charge in [-0.15, -0.1) is 0 Å². The van der Waals surface area contributed by atoms with E-state index in [1.807, 2.05) is 0 Å². The van der Waals surface area contributed by atoms with E-state index < -0.39 is 19.7 Å². The van der Waals surface area contributed by atoms with Crippen molar-refractivity contribution in [2.24, 2.45) is 0 Å². The molecule has 0 saturated carbocycles. The number of hydrogen-bond donors (Lipinski definition) is 3. The van der Waals surface area contributed by atoms with Crippen molar-refractivity contribution in [2.75, 3.05) is 5.09 Å². The third kappa shape index (κ3) is 5.15. The summed E-state index contributed by atoms with van der Waals surface area (Å²) in [7, 11) is -4.21. The van der Waals surface area contributed by atoms with Crippen molar-refractivity contribution in [3.63, 3.8) is 0 Å². The molecular weight excluding hydrogens is 397 g/mol. The van der Waals surface area contributed by atoms with Crippen LogP contribution in [0.1, 0.15) is 20.7 Å². The second-order valence-corrected chi connectivity index (χ2v) is 7.37. The number of anilines is 1. The number of nitrogens with one attached hydrogen (secondary N) is 1. The van der Waals surface area contributed by atoms with Gasteiger partial charge < -0.3 is 19.3 Å². The summed E-state index contributed by atoms with van der Waals surface area (Å²) >= 11 is 0. The predicted octanol–water partition coefficient (Wildman–Crippen LogP) is 4.76. The van der Waals surface area contributed by atoms with Crippen LogP contribution in [0.2, 0.25) is 0 Å². The zero-order valence-electron chi connectivity index (χ0n) is 14.9. The number of carbonyl (C=O) groups is 2. The van der Waals surface area contributed by atoms with E-state index in [4.69, 9.17) is 9.05 Å². The highest BCUT2D eigenvalue weighted by atomic mass is 31.2. The Bertz CT molecular complexity index is 1030. The van der Waals surface area contributed by atoms with Crippen LogP contribution in [0.15, 0.2) is 78.9 Å². The number of carboxylic acids is 2. The molecule has 0 spiro atoms. The highest BCUT2D eigenvalue weighted by Crippen LogP contribution is 2.49. The van der Waals surface area contributed by atoms with Crippen LogP contribution < -0.4 is 14.1 Å². The van der Waals surface area contributed by atoms with E-state index in [-0.39, 0.29) is 28.3 Å². The van der Waals surface area contributed by atoms with Crippen LogP contribution >= 0.6 is 7.75 Å². The summed E-state index contributed by atoms with van der Waals surface area (Å²) in [5.74, 6) is -2.18. The smallest absolute Gasteiger partial charge is 0.478 e. The first kappa shape index (κ1) is 20.0. The minimum Gasteiger partial charge on any atom is -0.478 e. The Kier molecular flexibility index (Phi) is 5.85. The van der Waals surface area contributed by atoms with Crippen LogP contribution in [0.25, 0.3) is 0 Å². The lowest BCUT2D eigenvalue weighted by atomic mass is 10.1. The van der Waals surface area contributed by atoms with Crippen molar-refractivity contribution in [1.82, 2.24) is 0 Å². The van der Waals surface area contributed by atoms with Crippen molar-refractivity contribution in [1.29, 1.82) is 0 Å². The molecule has 0 unspecified atom stereocenters. The lowest BCUT2D eigenvalue weighted by Gasteiger charge is -2.22. The lowest BCUT2D eigenvalue weighted by molar-refractivity contribution is 0.0682. The van der Waals surface area contributed by atoms with Gasteiger partial charge in [0.25, 0.3) is 0 Å². The molecule has 0 heterocycles. The van der Waals surface area contributed by atoms with Gasteiger partial charge in [-0.25, -0.2) is 14.2 Å². The molecule has 9 heteroatoms. The van der Waals surface area contributed by atoms with Crippen LogP contribution in [0, 0.1) is 0 Å². The monoisotopic (exact) mass is 413 g/mol. The van der Waals surface area contributed by atoms with E-state index in [1.54, 1.807) is 60.7 Å². The zero-order chi connectivity index (χ0) is 20.9. The number of hydrogen-bond acceptors (Lipinski definition) is 5. The van der Waals surface area contributed by atoms with Crippen molar-refractivity contribution in [3.05, 3.63) is 90.0 Å². The van der Waals surface area contributed by atoms with Crippen LogP contribution in [0.5, 0.6) is 11.5 Å². The van der Waals surface area contributed by atoms with Gasteiger partial charge in [0.1, 0.15) is 11.5 Å². The maximum absolute atomic E-state index is 13.5. The van der Waals surface area contributed by atoms with E-state index in [9.17, 15) is 24.4 Å². The van der Waals surface area contributed by atoms with Crippen molar-refractivity contribution in [3.8, 4) is 11.5 Å². The maximum Gasteiger partial charge on any atom is 0.541 e. The van der Waals surface area contributed by atoms with E-state index in [2.05, 4.69) is 5.09 Å². The fourth-order valence-electron chi connectivity index (χ4n) is 2.41. The van der Waals surface area contributed by atoms with Crippen LogP contribution in [0.3, 0.4) is 0 Å². The van der Waals surface area contributed by atoms with Gasteiger partial charge in [-0.1, -0.05) is 36.4 Å². The number of para-hydroxylation sites is 2. The second-order valence-electron chi connectivity index (χ2n) is 5.79. The molecule has 0 aromatic heterocycles. The van der Waals surface area contributed by atoms with Gasteiger partial charge in [0, 0.05) is 0 Å². The first-order valence-electron chi connectivity index (χ1n) is 8.34. The third-order valence-corrected chi connectivity index (χ3v) is 5.11. The van der Waals surface area contributed by atoms with E-state index >= 15 is 0 Å². The Morgan fingerprint density at radius 1 is 0.759 bits per heavy atom. The SMILES string of the molecule is O=C(O)c1ccc(C(=O)O)c(NP(=O)(Oc2ccccc2)Oc2ccccc2)c1. The highest BCUT2D eigenvalue weighted by Gasteiger charge is 2.31. The van der Waals surface area contributed by atoms with E-state index in [0.717, 1.165) is 18.2 Å². The fraction of sp³-hybridized carbons (Fsp3) is 0. The lowest BCUT2D eigenvalue weighted by Crippen LogP contribution is -2.13. The van der Waals surface area contributed by atoms with Crippen LogP contribution in [-0.2, 0) is 4.57 Å². The van der Waals surface area contributed by atoms with Crippen molar-refractivity contribution >= 4 is 25.4 Å². The van der Waals surface area contributed by atoms with Crippen molar-refractivity contribution in [2.45, 2.75) is 0 Å². The minimum absolute atomic E-state index is 0.191. The number of rotatable bonds is 8. The average Bonchev–Trinajstić information content (AvgIpc) is 2.69. The number of carboxylic acid groups (broad SMARTS) is 2. The summed E-state index contributed by atoms with van der Waals surface area (Å²) in [4.78, 5) is 22.8. The molecule has 0 aliphatic heterocycles. The van der Waals surface area contributed by atoms with Gasteiger partial charge in [-0.05, 0) is 42.5 Å². The predicted molar refractivity (Wildman–Crippen MR) is 106 cm³/mol. The third-order valence-electron chi connectivity index (χ3n) is 3.69. The summed E-state index contributed by atoms with van der Waals surface area (Å²) in [6.07, 6.45) is 0. The molecule has 0 bridgehead atoms. The summed E-state index contributed by atoms with van der Waals surface area (Å²) in [5.41, 5.74) is -0.695. The molecule has 0 fully saturated rings. The standard InChI is InChI=1S/C20H16NO7P/c22-19(23)14-11-12-17(20(24)25)18(13-14)21-29(26,27-15-7-3-1-4-8-15)28-16-9-5-2-6-10-16/h1-13H,(H,21,26)(H,22,23)(H,24,25). The summed E-state index contributed by atoms with van der Waals surface area (Å²) in [6.45, 7) is 0. The Labute approximate surface area is 165 Å². The molecule has 29 heavy (non-hydrogen) atoms. The molecule has 148 valence electrons. The molecule has 3 aromatic rings. The van der Waals surface area contributed by atoms with Crippen LogP contribution in [-0.4, -0.2) is 22.2 Å². The minimum atomic E-state index is -4.21. The first-order valence-corrected chi connectivity index (χ1v) is 9.89. The van der Waals surface area contributed by atoms with Gasteiger partial charge in [0.2, 0.25) is 0 Å². The van der Waals surface area contributed by atoms with Gasteiger partial charge in [0.05, 0.1) is 16.8 Å². The normalized spacial score (nSPS) is 10.8. The molecule has 3 rings (SSSR count).